The van der Waals surface area contributed by atoms with Crippen molar-refractivity contribution in [2.45, 2.75) is 48.1 Å². The van der Waals surface area contributed by atoms with Gasteiger partial charge in [-0.2, -0.15) is 5.10 Å². The average molecular weight is 382 g/mol. The van der Waals surface area contributed by atoms with Gasteiger partial charge in [-0.15, -0.1) is 11.3 Å². The number of halogens is 1. The lowest BCUT2D eigenvalue weighted by atomic mass is 9.91. The maximum Gasteiger partial charge on any atom is 0.266 e. The van der Waals surface area contributed by atoms with Crippen LogP contribution in [0.3, 0.4) is 0 Å². The van der Waals surface area contributed by atoms with Gasteiger partial charge in [-0.3, -0.25) is 14.3 Å². The molecule has 136 valence electrons. The highest BCUT2D eigenvalue weighted by Gasteiger charge is 2.19. The number of rotatable bonds is 4. The highest BCUT2D eigenvalue weighted by Crippen LogP contribution is 2.21. The van der Waals surface area contributed by atoms with Crippen LogP contribution in [0.5, 0.6) is 0 Å². The third-order valence-corrected chi connectivity index (χ3v) is 4.97. The lowest BCUT2D eigenvalue weighted by Crippen LogP contribution is -2.22. The SMILES string of the molecule is Cc1nn(CC(C)C)c(Cl)c1/C=c1\s/c(=C\C(=O)C(C)(C)C)[nH]c1=O. The molecule has 0 saturated carbocycles. The maximum atomic E-state index is 12.2. The normalized spacial score (nSPS) is 13.9. The van der Waals surface area contributed by atoms with Gasteiger partial charge < -0.3 is 4.98 Å². The molecule has 5 nitrogen and oxygen atoms in total. The number of ketones is 1. The molecule has 0 atom stereocenters. The molecule has 0 aliphatic carbocycles. The third-order valence-electron chi connectivity index (χ3n) is 3.60. The highest BCUT2D eigenvalue weighted by molar-refractivity contribution is 7.07. The number of aryl methyl sites for hydroxylation is 1. The maximum absolute atomic E-state index is 12.2. The van der Waals surface area contributed by atoms with Crippen molar-refractivity contribution in [3.63, 3.8) is 0 Å². The molecule has 0 amide bonds. The second-order valence-electron chi connectivity index (χ2n) is 7.55. The standard InChI is InChI=1S/C18H24ClN3O2S/c1-10(2)9-22-16(19)12(11(3)21-22)7-13-17(24)20-15(25-13)8-14(23)18(4,5)6/h7-8,10H,9H2,1-6H3,(H,20,24)/b13-7-,15-8-. The molecule has 7 heteroatoms. The Morgan fingerprint density at radius 3 is 2.60 bits per heavy atom. The zero-order valence-electron chi connectivity index (χ0n) is 15.4. The first-order valence-electron chi connectivity index (χ1n) is 8.19. The van der Waals surface area contributed by atoms with Crippen LogP contribution in [0.25, 0.3) is 12.2 Å². The number of thiazole rings is 1. The van der Waals surface area contributed by atoms with Crippen molar-refractivity contribution in [3.05, 3.63) is 36.0 Å². The van der Waals surface area contributed by atoms with Crippen LogP contribution in [0.2, 0.25) is 5.15 Å². The van der Waals surface area contributed by atoms with E-state index in [1.54, 1.807) is 10.8 Å². The lowest BCUT2D eigenvalue weighted by Gasteiger charge is -2.12. The minimum atomic E-state index is -0.483. The molecule has 0 aliphatic rings. The van der Waals surface area contributed by atoms with Gasteiger partial charge >= 0.3 is 0 Å². The molecule has 0 spiro atoms. The summed E-state index contributed by atoms with van der Waals surface area (Å²) >= 11 is 7.67. The minimum Gasteiger partial charge on any atom is -0.313 e. The van der Waals surface area contributed by atoms with E-state index in [0.717, 1.165) is 11.3 Å². The van der Waals surface area contributed by atoms with Crippen molar-refractivity contribution in [2.24, 2.45) is 11.3 Å². The van der Waals surface area contributed by atoms with Gasteiger partial charge in [-0.05, 0) is 18.9 Å². The van der Waals surface area contributed by atoms with Gasteiger partial charge in [0.05, 0.1) is 14.9 Å². The molecule has 1 N–H and O–H groups in total. The summed E-state index contributed by atoms with van der Waals surface area (Å²) in [5, 5.41) is 4.97. The van der Waals surface area contributed by atoms with Gasteiger partial charge in [0.2, 0.25) is 0 Å². The molecule has 0 bridgehead atoms. The van der Waals surface area contributed by atoms with Crippen molar-refractivity contribution in [3.8, 4) is 0 Å². The van der Waals surface area contributed by atoms with Crippen molar-refractivity contribution in [1.29, 1.82) is 0 Å². The predicted molar refractivity (Wildman–Crippen MR) is 103 cm³/mol. The summed E-state index contributed by atoms with van der Waals surface area (Å²) in [7, 11) is 0. The van der Waals surface area contributed by atoms with E-state index < -0.39 is 5.41 Å². The molecule has 0 fully saturated rings. The van der Waals surface area contributed by atoms with Crippen LogP contribution in [0.1, 0.15) is 45.9 Å². The van der Waals surface area contributed by atoms with E-state index in [-0.39, 0.29) is 11.3 Å². The number of nitrogens with one attached hydrogen (secondary N) is 1. The molecule has 2 heterocycles. The monoisotopic (exact) mass is 381 g/mol. The Morgan fingerprint density at radius 2 is 2.04 bits per heavy atom. The fourth-order valence-corrected chi connectivity index (χ4v) is 3.35. The molecular weight excluding hydrogens is 358 g/mol. The van der Waals surface area contributed by atoms with Gasteiger partial charge in [-0.1, -0.05) is 46.2 Å². The molecule has 0 radical (unpaired) electrons. The van der Waals surface area contributed by atoms with Crippen molar-refractivity contribution >= 4 is 40.9 Å². The molecule has 2 aromatic rings. The summed E-state index contributed by atoms with van der Waals surface area (Å²) in [6, 6.07) is 0. The summed E-state index contributed by atoms with van der Waals surface area (Å²) in [5.41, 5.74) is 0.797. The number of Topliss-reactive ketones (excluding diaryl/α,β-unsaturated/α-hetero) is 1. The molecule has 2 aromatic heterocycles. The van der Waals surface area contributed by atoms with Crippen LogP contribution < -0.4 is 14.8 Å². The van der Waals surface area contributed by atoms with Crippen LogP contribution in [-0.4, -0.2) is 20.5 Å². The zero-order chi connectivity index (χ0) is 18.9. The molecule has 0 saturated heterocycles. The van der Waals surface area contributed by atoms with E-state index in [0.29, 0.717) is 26.8 Å². The summed E-state index contributed by atoms with van der Waals surface area (Å²) < 4.78 is 2.80. The minimum absolute atomic E-state index is 0.0319. The molecule has 0 unspecified atom stereocenters. The topological polar surface area (TPSA) is 67.8 Å². The molecular formula is C18H24ClN3O2S. The van der Waals surface area contributed by atoms with Crippen molar-refractivity contribution < 1.29 is 4.79 Å². The summed E-state index contributed by atoms with van der Waals surface area (Å²) in [6.07, 6.45) is 3.23. The molecule has 0 aromatic carbocycles. The quantitative estimate of drug-likeness (QED) is 0.884. The number of hydrogen-bond acceptors (Lipinski definition) is 4. The Hall–Kier alpha value is -1.66. The van der Waals surface area contributed by atoms with Crippen LogP contribution in [0.4, 0.5) is 0 Å². The first-order chi connectivity index (χ1) is 11.5. The first-order valence-corrected chi connectivity index (χ1v) is 9.38. The Balaban J connectivity index is 2.51. The molecule has 25 heavy (non-hydrogen) atoms. The summed E-state index contributed by atoms with van der Waals surface area (Å²) in [5.74, 6) is 0.384. The van der Waals surface area contributed by atoms with E-state index in [4.69, 9.17) is 11.6 Å². The Morgan fingerprint density at radius 1 is 1.40 bits per heavy atom. The van der Waals surface area contributed by atoms with E-state index in [2.05, 4.69) is 23.9 Å². The second kappa shape index (κ2) is 7.30. The fraction of sp³-hybridized carbons (Fsp3) is 0.500. The number of carbonyl (C=O) groups excluding carboxylic acids is 1. The number of aromatic nitrogens is 3. The van der Waals surface area contributed by atoms with E-state index in [1.165, 1.54) is 17.4 Å². The summed E-state index contributed by atoms with van der Waals surface area (Å²) in [6.45, 7) is 12.3. The first kappa shape index (κ1) is 19.7. The highest BCUT2D eigenvalue weighted by atomic mass is 35.5. The average Bonchev–Trinajstić information content (AvgIpc) is 2.92. The molecule has 2 rings (SSSR count). The van der Waals surface area contributed by atoms with Crippen LogP contribution in [0, 0.1) is 18.3 Å². The van der Waals surface area contributed by atoms with Crippen molar-refractivity contribution in [2.75, 3.05) is 0 Å². The van der Waals surface area contributed by atoms with Crippen LogP contribution >= 0.6 is 22.9 Å². The Labute approximate surface area is 156 Å². The van der Waals surface area contributed by atoms with Crippen LogP contribution in [0.15, 0.2) is 4.79 Å². The number of nitrogens with zero attached hydrogens (tertiary/aromatic N) is 2. The fourth-order valence-electron chi connectivity index (χ4n) is 2.19. The second-order valence-corrected chi connectivity index (χ2v) is 9.00. The number of carbonyl (C=O) groups is 1. The Bertz CT molecular complexity index is 958. The van der Waals surface area contributed by atoms with Gasteiger partial charge in [0, 0.05) is 23.6 Å². The van der Waals surface area contributed by atoms with Gasteiger partial charge in [0.1, 0.15) is 5.15 Å². The van der Waals surface area contributed by atoms with E-state index in [9.17, 15) is 9.59 Å². The number of hydrogen-bond donors (Lipinski definition) is 1. The number of H-pyrrole nitrogens is 1. The van der Waals surface area contributed by atoms with Gasteiger partial charge in [0.25, 0.3) is 5.56 Å². The van der Waals surface area contributed by atoms with E-state index in [1.807, 2.05) is 27.7 Å². The molecule has 0 aliphatic heterocycles. The smallest absolute Gasteiger partial charge is 0.266 e. The predicted octanol–water partition coefficient (Wildman–Crippen LogP) is 2.48. The number of aromatic amines is 1. The van der Waals surface area contributed by atoms with Crippen molar-refractivity contribution in [1.82, 2.24) is 14.8 Å². The largest absolute Gasteiger partial charge is 0.313 e. The van der Waals surface area contributed by atoms with Crippen LogP contribution in [-0.2, 0) is 11.3 Å². The van der Waals surface area contributed by atoms with E-state index >= 15 is 0 Å². The lowest BCUT2D eigenvalue weighted by molar-refractivity contribution is -0.119. The zero-order valence-corrected chi connectivity index (χ0v) is 17.0. The van der Waals surface area contributed by atoms with Gasteiger partial charge in [-0.25, -0.2) is 0 Å². The van der Waals surface area contributed by atoms with Gasteiger partial charge in [0.15, 0.2) is 5.78 Å². The third kappa shape index (κ3) is 4.70. The Kier molecular flexibility index (Phi) is 5.74. The summed E-state index contributed by atoms with van der Waals surface area (Å²) in [4.78, 5) is 27.0.